The molecule has 5 N–H and O–H groups in total. The van der Waals surface area contributed by atoms with Gasteiger partial charge in [0, 0.05) is 18.7 Å². The number of rotatable bonds is 6. The molecule has 150 valence electrons. The Bertz CT molecular complexity index is 933. The van der Waals surface area contributed by atoms with Crippen LogP contribution in [-0.2, 0) is 6.42 Å². The van der Waals surface area contributed by atoms with E-state index in [1.807, 2.05) is 6.92 Å². The number of Topliss-reactive ketones (excluding diaryl/α,β-unsaturated/α-hetero) is 1. The Morgan fingerprint density at radius 2 is 2.11 bits per heavy atom. The third kappa shape index (κ3) is 3.79. The first kappa shape index (κ1) is 20.0. The molecule has 0 fully saturated rings. The summed E-state index contributed by atoms with van der Waals surface area (Å²) in [5.41, 5.74) is 8.88. The summed E-state index contributed by atoms with van der Waals surface area (Å²) >= 11 is 0. The van der Waals surface area contributed by atoms with Crippen LogP contribution in [0.4, 0.5) is 5.69 Å². The quantitative estimate of drug-likeness (QED) is 0.590. The number of aliphatic hydroxyl groups is 2. The number of ketones is 1. The van der Waals surface area contributed by atoms with Crippen molar-refractivity contribution in [3.8, 4) is 5.69 Å². The Hall–Kier alpha value is -2.71. The zero-order chi connectivity index (χ0) is 20.6. The van der Waals surface area contributed by atoms with E-state index in [0.717, 1.165) is 5.69 Å². The van der Waals surface area contributed by atoms with E-state index in [1.165, 1.54) is 0 Å². The molecule has 8 nitrogen and oxygen atoms in total. The number of benzene rings is 1. The van der Waals surface area contributed by atoms with E-state index < -0.39 is 18.6 Å². The molecule has 0 saturated carbocycles. The summed E-state index contributed by atoms with van der Waals surface area (Å²) < 4.78 is 1.74. The van der Waals surface area contributed by atoms with E-state index in [9.17, 15) is 14.7 Å². The van der Waals surface area contributed by atoms with E-state index in [1.54, 1.807) is 22.9 Å². The zero-order valence-electron chi connectivity index (χ0n) is 16.3. The van der Waals surface area contributed by atoms with Gasteiger partial charge in [0.25, 0.3) is 5.91 Å². The van der Waals surface area contributed by atoms with Crippen molar-refractivity contribution in [1.29, 1.82) is 0 Å². The molecule has 1 aliphatic rings. The van der Waals surface area contributed by atoms with Crippen molar-refractivity contribution in [2.75, 3.05) is 18.5 Å². The van der Waals surface area contributed by atoms with Crippen molar-refractivity contribution in [3.63, 3.8) is 0 Å². The molecule has 1 unspecified atom stereocenters. The standard InChI is InChI=1S/C20H26N4O4/c1-11-18-16(7-20(2,3)8-17(18)27)24(23-11)12-4-5-14(19(21)28)15(6-12)22-9-13(26)10-25/h4-6,13,22,25-26H,7-10H2,1-3H3,(H2,21,28). The second-order valence-electron chi connectivity index (χ2n) is 8.07. The molecule has 0 bridgehead atoms. The number of aryl methyl sites for hydroxylation is 1. The Labute approximate surface area is 163 Å². The van der Waals surface area contributed by atoms with E-state index in [0.29, 0.717) is 35.5 Å². The normalized spacial score (nSPS) is 16.5. The molecule has 1 aromatic carbocycles. The summed E-state index contributed by atoms with van der Waals surface area (Å²) in [5.74, 6) is -0.518. The second-order valence-corrected chi connectivity index (χ2v) is 8.07. The van der Waals surface area contributed by atoms with Crippen LogP contribution in [0.3, 0.4) is 0 Å². The number of nitrogens with two attached hydrogens (primary N) is 1. The smallest absolute Gasteiger partial charge is 0.250 e. The van der Waals surface area contributed by atoms with Gasteiger partial charge in [0.05, 0.1) is 40.9 Å². The highest BCUT2D eigenvalue weighted by atomic mass is 16.3. The van der Waals surface area contributed by atoms with Crippen LogP contribution < -0.4 is 11.1 Å². The highest BCUT2D eigenvalue weighted by molar-refractivity contribution is 6.00. The van der Waals surface area contributed by atoms with Gasteiger partial charge >= 0.3 is 0 Å². The Morgan fingerprint density at radius 3 is 2.75 bits per heavy atom. The maximum atomic E-state index is 12.6. The van der Waals surface area contributed by atoms with Gasteiger partial charge in [0.15, 0.2) is 5.78 Å². The summed E-state index contributed by atoms with van der Waals surface area (Å²) in [5, 5.41) is 26.1. The van der Waals surface area contributed by atoms with Gasteiger partial charge in [-0.2, -0.15) is 5.10 Å². The first-order valence-corrected chi connectivity index (χ1v) is 9.21. The largest absolute Gasteiger partial charge is 0.394 e. The summed E-state index contributed by atoms with van der Waals surface area (Å²) in [7, 11) is 0. The monoisotopic (exact) mass is 386 g/mol. The number of nitrogens with one attached hydrogen (secondary N) is 1. The predicted octanol–water partition coefficient (Wildman–Crippen LogP) is 1.20. The molecule has 0 spiro atoms. The van der Waals surface area contributed by atoms with Crippen LogP contribution in [-0.4, -0.2) is 50.9 Å². The van der Waals surface area contributed by atoms with Crippen LogP contribution in [0.25, 0.3) is 5.69 Å². The van der Waals surface area contributed by atoms with Gasteiger partial charge < -0.3 is 21.3 Å². The lowest BCUT2D eigenvalue weighted by molar-refractivity contribution is 0.0909. The third-order valence-corrected chi connectivity index (χ3v) is 4.97. The van der Waals surface area contributed by atoms with Crippen LogP contribution in [0.15, 0.2) is 18.2 Å². The molecule has 1 heterocycles. The number of amides is 1. The van der Waals surface area contributed by atoms with E-state index in [-0.39, 0.29) is 23.3 Å². The van der Waals surface area contributed by atoms with Crippen LogP contribution >= 0.6 is 0 Å². The van der Waals surface area contributed by atoms with E-state index >= 15 is 0 Å². The number of aliphatic hydroxyl groups excluding tert-OH is 2. The van der Waals surface area contributed by atoms with E-state index in [4.69, 9.17) is 10.8 Å². The summed E-state index contributed by atoms with van der Waals surface area (Å²) in [4.78, 5) is 24.4. The molecular formula is C20H26N4O4. The number of anilines is 1. The van der Waals surface area contributed by atoms with Gasteiger partial charge in [-0.15, -0.1) is 0 Å². The Morgan fingerprint density at radius 1 is 1.39 bits per heavy atom. The predicted molar refractivity (Wildman–Crippen MR) is 105 cm³/mol. The highest BCUT2D eigenvalue weighted by Gasteiger charge is 2.35. The fraction of sp³-hybridized carbons (Fsp3) is 0.450. The molecule has 1 amide bonds. The lowest BCUT2D eigenvalue weighted by Crippen LogP contribution is -2.28. The molecule has 1 aromatic heterocycles. The first-order valence-electron chi connectivity index (χ1n) is 9.21. The molecule has 2 aromatic rings. The fourth-order valence-electron chi connectivity index (χ4n) is 3.67. The molecule has 0 radical (unpaired) electrons. The number of hydrogen-bond donors (Lipinski definition) is 4. The van der Waals surface area contributed by atoms with Gasteiger partial charge in [0.1, 0.15) is 0 Å². The number of aromatic nitrogens is 2. The van der Waals surface area contributed by atoms with Crippen molar-refractivity contribution < 1.29 is 19.8 Å². The van der Waals surface area contributed by atoms with Crippen LogP contribution in [0.1, 0.15) is 52.4 Å². The van der Waals surface area contributed by atoms with Gasteiger partial charge in [-0.25, -0.2) is 4.68 Å². The number of primary amides is 1. The SMILES string of the molecule is Cc1nn(-c2ccc(C(N)=O)c(NCC(O)CO)c2)c2c1C(=O)CC(C)(C)C2. The van der Waals surface area contributed by atoms with Gasteiger partial charge in [-0.1, -0.05) is 13.8 Å². The average Bonchev–Trinajstić information content (AvgIpc) is 2.94. The lowest BCUT2D eigenvalue weighted by atomic mass is 9.75. The maximum absolute atomic E-state index is 12.6. The van der Waals surface area contributed by atoms with Crippen LogP contribution in [0.2, 0.25) is 0 Å². The van der Waals surface area contributed by atoms with Crippen molar-refractivity contribution in [3.05, 3.63) is 40.7 Å². The Kier molecular flexibility index (Phi) is 5.27. The molecule has 0 saturated heterocycles. The molecule has 8 heteroatoms. The number of nitrogens with zero attached hydrogens (tertiary/aromatic N) is 2. The average molecular weight is 386 g/mol. The molecule has 1 aliphatic carbocycles. The summed E-state index contributed by atoms with van der Waals surface area (Å²) in [6.45, 7) is 5.59. The Balaban J connectivity index is 2.06. The van der Waals surface area contributed by atoms with Crippen molar-refractivity contribution >= 4 is 17.4 Å². The van der Waals surface area contributed by atoms with Gasteiger partial charge in [-0.3, -0.25) is 9.59 Å². The number of carbonyl (C=O) groups excluding carboxylic acids is 2. The summed E-state index contributed by atoms with van der Waals surface area (Å²) in [6, 6.07) is 5.03. The van der Waals surface area contributed by atoms with Crippen molar-refractivity contribution in [2.24, 2.45) is 11.1 Å². The topological polar surface area (TPSA) is 130 Å². The first-order chi connectivity index (χ1) is 13.1. The molecule has 3 rings (SSSR count). The minimum absolute atomic E-state index is 0.0575. The molecule has 1 atom stereocenters. The second kappa shape index (κ2) is 7.37. The van der Waals surface area contributed by atoms with Crippen LogP contribution in [0, 0.1) is 12.3 Å². The van der Waals surface area contributed by atoms with E-state index in [2.05, 4.69) is 24.3 Å². The number of hydrogen-bond acceptors (Lipinski definition) is 6. The van der Waals surface area contributed by atoms with Gasteiger partial charge in [-0.05, 0) is 37.0 Å². The van der Waals surface area contributed by atoms with Crippen LogP contribution in [0.5, 0.6) is 0 Å². The van der Waals surface area contributed by atoms with Gasteiger partial charge in [0.2, 0.25) is 0 Å². The third-order valence-electron chi connectivity index (χ3n) is 4.97. The minimum Gasteiger partial charge on any atom is -0.394 e. The lowest BCUT2D eigenvalue weighted by Gasteiger charge is -2.29. The van der Waals surface area contributed by atoms with Crippen molar-refractivity contribution in [1.82, 2.24) is 9.78 Å². The maximum Gasteiger partial charge on any atom is 0.250 e. The zero-order valence-corrected chi connectivity index (χ0v) is 16.3. The van der Waals surface area contributed by atoms with Crippen molar-refractivity contribution in [2.45, 2.75) is 39.7 Å². The number of fused-ring (bicyclic) bond motifs is 1. The highest BCUT2D eigenvalue weighted by Crippen LogP contribution is 2.37. The minimum atomic E-state index is -0.970. The molecule has 0 aliphatic heterocycles. The summed E-state index contributed by atoms with van der Waals surface area (Å²) in [6.07, 6.45) is 0.222. The molecule has 28 heavy (non-hydrogen) atoms. The number of carbonyl (C=O) groups is 2. The fourth-order valence-corrected chi connectivity index (χ4v) is 3.67. The molecular weight excluding hydrogens is 360 g/mol.